The van der Waals surface area contributed by atoms with E-state index in [-0.39, 0.29) is 5.56 Å². The van der Waals surface area contributed by atoms with Crippen molar-refractivity contribution in [3.8, 4) is 16.8 Å². The Bertz CT molecular complexity index is 921. The number of nitrogens with zero attached hydrogens (tertiary/aromatic N) is 1. The summed E-state index contributed by atoms with van der Waals surface area (Å²) in [6, 6.07) is 17.5. The first-order valence-electron chi connectivity index (χ1n) is 8.77. The fourth-order valence-corrected chi connectivity index (χ4v) is 4.02. The zero-order valence-corrected chi connectivity index (χ0v) is 14.3. The van der Waals surface area contributed by atoms with Crippen LogP contribution in [0.3, 0.4) is 0 Å². The molecule has 0 bridgehead atoms. The standard InChI is InChI=1S/C22H21NO2/c1-15-21(16-7-3-2-4-8-16)19-9-5-6-10-20(19)23(15)18-13-11-17(12-14-18)22(24)25/h2-4,7-8,11-14H,5-6,9-10H2,1H3,(H,24,25)/p-1. The lowest BCUT2D eigenvalue weighted by atomic mass is 9.91. The number of aromatic carboxylic acids is 1. The summed E-state index contributed by atoms with van der Waals surface area (Å²) in [5, 5.41) is 11.0. The smallest absolute Gasteiger partial charge is 0.0715 e. The van der Waals surface area contributed by atoms with Gasteiger partial charge in [-0.15, -0.1) is 0 Å². The van der Waals surface area contributed by atoms with Gasteiger partial charge in [0, 0.05) is 22.6 Å². The highest BCUT2D eigenvalue weighted by atomic mass is 16.4. The van der Waals surface area contributed by atoms with Crippen molar-refractivity contribution < 1.29 is 9.90 Å². The number of carbonyl (C=O) groups is 1. The maximum absolute atomic E-state index is 11.0. The van der Waals surface area contributed by atoms with E-state index in [4.69, 9.17) is 0 Å². The lowest BCUT2D eigenvalue weighted by Crippen LogP contribution is -2.22. The molecule has 25 heavy (non-hydrogen) atoms. The molecule has 4 rings (SSSR count). The Morgan fingerprint density at radius 2 is 1.64 bits per heavy atom. The Kier molecular flexibility index (Phi) is 3.92. The van der Waals surface area contributed by atoms with Crippen LogP contribution in [0, 0.1) is 6.92 Å². The zero-order valence-electron chi connectivity index (χ0n) is 14.3. The van der Waals surface area contributed by atoms with E-state index in [0.29, 0.717) is 0 Å². The first-order valence-corrected chi connectivity index (χ1v) is 8.77. The minimum Gasteiger partial charge on any atom is -0.545 e. The Hall–Kier alpha value is -2.81. The molecule has 0 saturated carbocycles. The average molecular weight is 330 g/mol. The fraction of sp³-hybridized carbons (Fsp3) is 0.227. The average Bonchev–Trinajstić information content (AvgIpc) is 2.94. The summed E-state index contributed by atoms with van der Waals surface area (Å²) in [5.41, 5.74) is 7.85. The summed E-state index contributed by atoms with van der Waals surface area (Å²) in [4.78, 5) is 11.0. The van der Waals surface area contributed by atoms with Gasteiger partial charge >= 0.3 is 0 Å². The van der Waals surface area contributed by atoms with Crippen LogP contribution in [0.4, 0.5) is 0 Å². The lowest BCUT2D eigenvalue weighted by Gasteiger charge is -2.17. The van der Waals surface area contributed by atoms with Gasteiger partial charge in [0.1, 0.15) is 0 Å². The molecular weight excluding hydrogens is 310 g/mol. The molecule has 0 N–H and O–H groups in total. The molecule has 1 heterocycles. The zero-order chi connectivity index (χ0) is 17.4. The Balaban J connectivity index is 1.91. The van der Waals surface area contributed by atoms with Crippen LogP contribution >= 0.6 is 0 Å². The molecule has 0 radical (unpaired) electrons. The summed E-state index contributed by atoms with van der Waals surface area (Å²) in [6.07, 6.45) is 4.58. The third-order valence-corrected chi connectivity index (χ3v) is 5.13. The summed E-state index contributed by atoms with van der Waals surface area (Å²) >= 11 is 0. The largest absolute Gasteiger partial charge is 0.545 e. The van der Waals surface area contributed by atoms with Crippen LogP contribution in [0.25, 0.3) is 16.8 Å². The van der Waals surface area contributed by atoms with Crippen LogP contribution in [0.2, 0.25) is 0 Å². The van der Waals surface area contributed by atoms with Crippen molar-refractivity contribution in [3.05, 3.63) is 77.1 Å². The van der Waals surface area contributed by atoms with E-state index in [2.05, 4.69) is 35.8 Å². The number of aromatic nitrogens is 1. The van der Waals surface area contributed by atoms with Gasteiger partial charge in [0.05, 0.1) is 5.97 Å². The Morgan fingerprint density at radius 1 is 0.960 bits per heavy atom. The second-order valence-corrected chi connectivity index (χ2v) is 6.63. The molecule has 3 heteroatoms. The van der Waals surface area contributed by atoms with Gasteiger partial charge in [0.2, 0.25) is 0 Å². The van der Waals surface area contributed by atoms with Crippen molar-refractivity contribution in [1.82, 2.24) is 4.57 Å². The molecule has 3 nitrogen and oxygen atoms in total. The third-order valence-electron chi connectivity index (χ3n) is 5.13. The Labute approximate surface area is 147 Å². The van der Waals surface area contributed by atoms with Crippen LogP contribution in [0.1, 0.15) is 40.2 Å². The van der Waals surface area contributed by atoms with Gasteiger partial charge in [-0.3, -0.25) is 0 Å². The second kappa shape index (κ2) is 6.25. The number of benzene rings is 2. The van der Waals surface area contributed by atoms with Crippen LogP contribution in [0.15, 0.2) is 54.6 Å². The lowest BCUT2D eigenvalue weighted by molar-refractivity contribution is -0.255. The van der Waals surface area contributed by atoms with Crippen LogP contribution in [-0.4, -0.2) is 10.5 Å². The van der Waals surface area contributed by atoms with Gasteiger partial charge in [-0.25, -0.2) is 0 Å². The fourth-order valence-electron chi connectivity index (χ4n) is 4.02. The van der Waals surface area contributed by atoms with Crippen molar-refractivity contribution in [2.45, 2.75) is 32.6 Å². The molecule has 0 spiro atoms. The first kappa shape index (κ1) is 15.7. The molecule has 0 fully saturated rings. The minimum absolute atomic E-state index is 0.214. The van der Waals surface area contributed by atoms with Gasteiger partial charge in [-0.05, 0) is 61.4 Å². The van der Waals surface area contributed by atoms with Crippen LogP contribution in [-0.2, 0) is 12.8 Å². The summed E-state index contributed by atoms with van der Waals surface area (Å²) in [7, 11) is 0. The maximum Gasteiger partial charge on any atom is 0.0715 e. The number of fused-ring (bicyclic) bond motifs is 1. The number of carboxylic acid groups (broad SMARTS) is 1. The highest BCUT2D eigenvalue weighted by Crippen LogP contribution is 2.38. The minimum atomic E-state index is -1.14. The second-order valence-electron chi connectivity index (χ2n) is 6.63. The first-order chi connectivity index (χ1) is 12.2. The molecular formula is C22H20NO2-. The molecule has 1 aromatic heterocycles. The highest BCUT2D eigenvalue weighted by Gasteiger charge is 2.24. The number of hydrogen-bond donors (Lipinski definition) is 0. The van der Waals surface area contributed by atoms with E-state index in [0.717, 1.165) is 18.5 Å². The predicted molar refractivity (Wildman–Crippen MR) is 96.9 cm³/mol. The SMILES string of the molecule is Cc1c(-c2ccccc2)c2c(n1-c1ccc(C(=O)[O-])cc1)CCCC2. The van der Waals surface area contributed by atoms with Crippen LogP contribution in [0.5, 0.6) is 0 Å². The predicted octanol–water partition coefficient (Wildman–Crippen LogP) is 3.70. The van der Waals surface area contributed by atoms with Crippen molar-refractivity contribution in [2.75, 3.05) is 0 Å². The van der Waals surface area contributed by atoms with Gasteiger partial charge in [-0.2, -0.15) is 0 Å². The molecule has 1 aliphatic carbocycles. The van der Waals surface area contributed by atoms with Crippen molar-refractivity contribution in [3.63, 3.8) is 0 Å². The van der Waals surface area contributed by atoms with Crippen molar-refractivity contribution >= 4 is 5.97 Å². The molecule has 0 aliphatic heterocycles. The molecule has 3 aromatic rings. The van der Waals surface area contributed by atoms with E-state index in [9.17, 15) is 9.90 Å². The van der Waals surface area contributed by atoms with E-state index in [1.165, 1.54) is 40.9 Å². The maximum atomic E-state index is 11.0. The van der Waals surface area contributed by atoms with Gasteiger partial charge < -0.3 is 14.5 Å². The van der Waals surface area contributed by atoms with E-state index in [1.807, 2.05) is 18.2 Å². The molecule has 0 amide bonds. The quantitative estimate of drug-likeness (QED) is 0.735. The summed E-state index contributed by atoms with van der Waals surface area (Å²) in [5.74, 6) is -1.14. The summed E-state index contributed by atoms with van der Waals surface area (Å²) < 4.78 is 2.30. The molecule has 2 aromatic carbocycles. The van der Waals surface area contributed by atoms with Gasteiger partial charge in [0.25, 0.3) is 0 Å². The topological polar surface area (TPSA) is 45.1 Å². The van der Waals surface area contributed by atoms with Crippen molar-refractivity contribution in [2.24, 2.45) is 0 Å². The monoisotopic (exact) mass is 330 g/mol. The molecule has 1 aliphatic rings. The van der Waals surface area contributed by atoms with Gasteiger partial charge in [-0.1, -0.05) is 42.5 Å². The number of rotatable bonds is 3. The number of carbonyl (C=O) groups excluding carboxylic acids is 1. The molecule has 0 unspecified atom stereocenters. The number of hydrogen-bond acceptors (Lipinski definition) is 2. The molecule has 126 valence electrons. The third kappa shape index (κ3) is 2.66. The van der Waals surface area contributed by atoms with Crippen LogP contribution < -0.4 is 5.11 Å². The van der Waals surface area contributed by atoms with E-state index < -0.39 is 5.97 Å². The summed E-state index contributed by atoms with van der Waals surface area (Å²) in [6.45, 7) is 2.16. The van der Waals surface area contributed by atoms with Gasteiger partial charge in [0.15, 0.2) is 0 Å². The van der Waals surface area contributed by atoms with E-state index >= 15 is 0 Å². The molecule has 0 saturated heterocycles. The Morgan fingerprint density at radius 3 is 2.32 bits per heavy atom. The molecule has 0 atom stereocenters. The van der Waals surface area contributed by atoms with Crippen molar-refractivity contribution in [1.29, 1.82) is 0 Å². The normalized spacial score (nSPS) is 13.5. The van der Waals surface area contributed by atoms with E-state index in [1.54, 1.807) is 12.1 Å². The number of carboxylic acids is 1. The highest BCUT2D eigenvalue weighted by molar-refractivity contribution is 5.86.